The number of H-pyrrole nitrogens is 1. The van der Waals surface area contributed by atoms with Crippen LogP contribution >= 0.6 is 0 Å². The van der Waals surface area contributed by atoms with E-state index in [1.54, 1.807) is 10.9 Å². The predicted octanol–water partition coefficient (Wildman–Crippen LogP) is 1.87. The van der Waals surface area contributed by atoms with Crippen LogP contribution in [0.5, 0.6) is 0 Å². The molecule has 5 rings (SSSR count). The fourth-order valence-corrected chi connectivity index (χ4v) is 3.86. The van der Waals surface area contributed by atoms with Gasteiger partial charge in [-0.3, -0.25) is 19.5 Å². The summed E-state index contributed by atoms with van der Waals surface area (Å²) >= 11 is 0. The lowest BCUT2D eigenvalue weighted by Crippen LogP contribution is -2.49. The second-order valence-corrected chi connectivity index (χ2v) is 7.70. The number of benzene rings is 2. The number of rotatable bonds is 5. The summed E-state index contributed by atoms with van der Waals surface area (Å²) in [5.41, 5.74) is 1.96. The first-order valence-electron chi connectivity index (χ1n) is 10.5. The average Bonchev–Trinajstić information content (AvgIpc) is 3.25. The van der Waals surface area contributed by atoms with Gasteiger partial charge in [-0.2, -0.15) is 10.1 Å². The number of fused-ring (bicyclic) bond motifs is 1. The number of carbonyl (C=O) groups excluding carboxylic acids is 1. The first kappa shape index (κ1) is 20.0. The lowest BCUT2D eigenvalue weighted by atomic mass is 10.3. The van der Waals surface area contributed by atoms with Crippen LogP contribution in [0.3, 0.4) is 0 Å². The standard InChI is InChI=1S/C23H23N7O2/c31-20(25-17-7-3-1-4-8-17)16-28-11-13-29(14-12-28)23-26-21-19(22(32)27-23)15-24-30(21)18-9-5-2-6-10-18/h1-10,15H,11-14,16H2,(H,25,31)(H,26,27,32). The van der Waals surface area contributed by atoms with Crippen LogP contribution in [0.15, 0.2) is 71.7 Å². The molecule has 1 aliphatic rings. The molecule has 2 aromatic heterocycles. The molecule has 0 atom stereocenters. The third-order valence-electron chi connectivity index (χ3n) is 5.52. The second-order valence-electron chi connectivity index (χ2n) is 7.70. The number of amides is 1. The van der Waals surface area contributed by atoms with Crippen molar-refractivity contribution in [1.29, 1.82) is 0 Å². The van der Waals surface area contributed by atoms with Gasteiger partial charge in [-0.1, -0.05) is 36.4 Å². The minimum atomic E-state index is -0.211. The quantitative estimate of drug-likeness (QED) is 0.503. The molecule has 0 aliphatic carbocycles. The molecule has 0 spiro atoms. The van der Waals surface area contributed by atoms with E-state index < -0.39 is 0 Å². The molecule has 0 unspecified atom stereocenters. The van der Waals surface area contributed by atoms with Crippen molar-refractivity contribution in [3.63, 3.8) is 0 Å². The van der Waals surface area contributed by atoms with Gasteiger partial charge in [-0.25, -0.2) is 4.68 Å². The van der Waals surface area contributed by atoms with E-state index >= 15 is 0 Å². The number of carbonyl (C=O) groups is 1. The summed E-state index contributed by atoms with van der Waals surface area (Å²) in [7, 11) is 0. The van der Waals surface area contributed by atoms with E-state index in [4.69, 9.17) is 4.98 Å². The Bertz CT molecular complexity index is 1280. The lowest BCUT2D eigenvalue weighted by molar-refractivity contribution is -0.117. The van der Waals surface area contributed by atoms with Crippen LogP contribution in [0.2, 0.25) is 0 Å². The molecular formula is C23H23N7O2. The molecule has 0 radical (unpaired) electrons. The Balaban J connectivity index is 1.28. The minimum absolute atomic E-state index is 0.0376. The summed E-state index contributed by atoms with van der Waals surface area (Å²) in [5, 5.41) is 7.72. The Hall–Kier alpha value is -3.98. The summed E-state index contributed by atoms with van der Waals surface area (Å²) < 4.78 is 1.68. The van der Waals surface area contributed by atoms with Crippen LogP contribution < -0.4 is 15.8 Å². The van der Waals surface area contributed by atoms with Gasteiger partial charge in [0.15, 0.2) is 5.65 Å². The number of hydrogen-bond acceptors (Lipinski definition) is 6. The highest BCUT2D eigenvalue weighted by Gasteiger charge is 2.22. The molecule has 1 amide bonds. The number of para-hydroxylation sites is 2. The van der Waals surface area contributed by atoms with E-state index in [1.165, 1.54) is 0 Å². The smallest absolute Gasteiger partial charge is 0.263 e. The summed E-state index contributed by atoms with van der Waals surface area (Å²) in [6.07, 6.45) is 1.54. The van der Waals surface area contributed by atoms with Crippen LogP contribution in [0.1, 0.15) is 0 Å². The Morgan fingerprint density at radius 2 is 1.66 bits per heavy atom. The largest absolute Gasteiger partial charge is 0.340 e. The Kier molecular flexibility index (Phi) is 5.39. The zero-order valence-electron chi connectivity index (χ0n) is 17.4. The molecule has 162 valence electrons. The monoisotopic (exact) mass is 429 g/mol. The number of anilines is 2. The number of hydrogen-bond donors (Lipinski definition) is 2. The molecule has 0 saturated carbocycles. The molecule has 32 heavy (non-hydrogen) atoms. The second kappa shape index (κ2) is 8.64. The normalized spacial score (nSPS) is 14.6. The van der Waals surface area contributed by atoms with Gasteiger partial charge < -0.3 is 10.2 Å². The Morgan fingerprint density at radius 3 is 2.38 bits per heavy atom. The van der Waals surface area contributed by atoms with Gasteiger partial charge in [-0.15, -0.1) is 0 Å². The molecule has 0 bridgehead atoms. The van der Waals surface area contributed by atoms with Crippen LogP contribution in [-0.2, 0) is 4.79 Å². The van der Waals surface area contributed by atoms with Crippen LogP contribution in [0.25, 0.3) is 16.7 Å². The van der Waals surface area contributed by atoms with Crippen molar-refractivity contribution in [1.82, 2.24) is 24.6 Å². The van der Waals surface area contributed by atoms with E-state index in [0.29, 0.717) is 49.7 Å². The number of nitrogens with one attached hydrogen (secondary N) is 2. The topological polar surface area (TPSA) is 99.2 Å². The van der Waals surface area contributed by atoms with Crippen LogP contribution in [-0.4, -0.2) is 63.3 Å². The highest BCUT2D eigenvalue weighted by Crippen LogP contribution is 2.17. The third-order valence-corrected chi connectivity index (χ3v) is 5.52. The van der Waals surface area contributed by atoms with Gasteiger partial charge in [0.05, 0.1) is 18.4 Å². The van der Waals surface area contributed by atoms with Gasteiger partial charge in [0.25, 0.3) is 5.56 Å². The number of piperazine rings is 1. The maximum absolute atomic E-state index is 12.6. The number of aromatic nitrogens is 4. The summed E-state index contributed by atoms with van der Waals surface area (Å²) in [5.74, 6) is 0.484. The van der Waals surface area contributed by atoms with Gasteiger partial charge in [0.2, 0.25) is 11.9 Å². The highest BCUT2D eigenvalue weighted by molar-refractivity contribution is 5.92. The molecule has 4 aromatic rings. The molecule has 9 nitrogen and oxygen atoms in total. The van der Waals surface area contributed by atoms with E-state index in [9.17, 15) is 9.59 Å². The fourth-order valence-electron chi connectivity index (χ4n) is 3.86. The van der Waals surface area contributed by atoms with Crippen LogP contribution in [0, 0.1) is 0 Å². The van der Waals surface area contributed by atoms with Gasteiger partial charge >= 0.3 is 0 Å². The first-order chi connectivity index (χ1) is 15.7. The molecule has 3 heterocycles. The van der Waals surface area contributed by atoms with Crippen molar-refractivity contribution in [2.75, 3.05) is 42.9 Å². The maximum Gasteiger partial charge on any atom is 0.263 e. The molecule has 1 saturated heterocycles. The van der Waals surface area contributed by atoms with Gasteiger partial charge in [0.1, 0.15) is 5.39 Å². The molecule has 1 fully saturated rings. The van der Waals surface area contributed by atoms with E-state index in [0.717, 1.165) is 11.4 Å². The van der Waals surface area contributed by atoms with Crippen molar-refractivity contribution in [3.8, 4) is 5.69 Å². The summed E-state index contributed by atoms with van der Waals surface area (Å²) in [4.78, 5) is 36.7. The van der Waals surface area contributed by atoms with Crippen molar-refractivity contribution in [3.05, 3.63) is 77.2 Å². The highest BCUT2D eigenvalue weighted by atomic mass is 16.2. The van der Waals surface area contributed by atoms with Crippen molar-refractivity contribution in [2.24, 2.45) is 0 Å². The summed E-state index contributed by atoms with van der Waals surface area (Å²) in [6.45, 7) is 3.04. The van der Waals surface area contributed by atoms with Crippen LogP contribution in [0.4, 0.5) is 11.6 Å². The zero-order valence-corrected chi connectivity index (χ0v) is 17.4. The molecule has 1 aliphatic heterocycles. The molecule has 2 N–H and O–H groups in total. The Labute approximate surface area is 184 Å². The number of nitrogens with zero attached hydrogens (tertiary/aromatic N) is 5. The SMILES string of the molecule is O=C(CN1CCN(c2nc3c(cnn3-c3ccccc3)c(=O)[nH]2)CC1)Nc1ccccc1. The molecule has 2 aromatic carbocycles. The lowest BCUT2D eigenvalue weighted by Gasteiger charge is -2.34. The number of aromatic amines is 1. The first-order valence-corrected chi connectivity index (χ1v) is 10.5. The molecular weight excluding hydrogens is 406 g/mol. The van der Waals surface area contributed by atoms with E-state index in [-0.39, 0.29) is 11.5 Å². The zero-order chi connectivity index (χ0) is 21.9. The van der Waals surface area contributed by atoms with Gasteiger partial charge in [-0.05, 0) is 24.3 Å². The van der Waals surface area contributed by atoms with E-state index in [2.05, 4.69) is 20.3 Å². The summed E-state index contributed by atoms with van der Waals surface area (Å²) in [6, 6.07) is 19.1. The molecule has 9 heteroatoms. The average molecular weight is 429 g/mol. The predicted molar refractivity (Wildman–Crippen MR) is 123 cm³/mol. The van der Waals surface area contributed by atoms with Crippen molar-refractivity contribution < 1.29 is 4.79 Å². The van der Waals surface area contributed by atoms with E-state index in [1.807, 2.05) is 65.6 Å². The fraction of sp³-hybridized carbons (Fsp3) is 0.217. The van der Waals surface area contributed by atoms with Gasteiger partial charge in [0, 0.05) is 31.9 Å². The Morgan fingerprint density at radius 1 is 0.969 bits per heavy atom. The minimum Gasteiger partial charge on any atom is -0.340 e. The van der Waals surface area contributed by atoms with Crippen molar-refractivity contribution >= 4 is 28.6 Å². The van der Waals surface area contributed by atoms with Crippen molar-refractivity contribution in [2.45, 2.75) is 0 Å². The maximum atomic E-state index is 12.6. The third kappa shape index (κ3) is 4.10.